The molecule has 1 saturated carbocycles. The second kappa shape index (κ2) is 5.59. The number of pyridine rings is 1. The van der Waals surface area contributed by atoms with Crippen molar-refractivity contribution in [3.8, 4) is 0 Å². The van der Waals surface area contributed by atoms with Gasteiger partial charge in [-0.05, 0) is 47.8 Å². The van der Waals surface area contributed by atoms with Gasteiger partial charge >= 0.3 is 0 Å². The number of amides is 1. The van der Waals surface area contributed by atoms with Crippen LogP contribution in [-0.4, -0.2) is 28.2 Å². The lowest BCUT2D eigenvalue weighted by Crippen LogP contribution is -2.55. The standard InChI is InChI=1S/C12H16BrN3OS/c1-12(11(14)17,16-8-4-5-8)7-18-10-9(13)3-2-6-15-10/h2-3,6,8,16H,4-5,7H2,1H3,(H2,14,17). The van der Waals surface area contributed by atoms with Gasteiger partial charge in [0.05, 0.1) is 0 Å². The Morgan fingerprint density at radius 1 is 1.72 bits per heavy atom. The molecule has 18 heavy (non-hydrogen) atoms. The number of rotatable bonds is 6. The van der Waals surface area contributed by atoms with Crippen molar-refractivity contribution in [2.45, 2.75) is 36.4 Å². The normalized spacial score (nSPS) is 18.3. The van der Waals surface area contributed by atoms with E-state index in [1.807, 2.05) is 19.1 Å². The average molecular weight is 330 g/mol. The summed E-state index contributed by atoms with van der Waals surface area (Å²) in [5, 5.41) is 4.20. The van der Waals surface area contributed by atoms with Gasteiger partial charge in [0.25, 0.3) is 0 Å². The number of primary amides is 1. The number of halogens is 1. The number of nitrogens with zero attached hydrogens (tertiary/aromatic N) is 1. The van der Waals surface area contributed by atoms with Crippen LogP contribution in [0.5, 0.6) is 0 Å². The third-order valence-electron chi connectivity index (χ3n) is 2.87. The Hall–Kier alpha value is -0.590. The number of thioether (sulfide) groups is 1. The van der Waals surface area contributed by atoms with Gasteiger partial charge in [0.15, 0.2) is 0 Å². The van der Waals surface area contributed by atoms with Gasteiger partial charge in [-0.2, -0.15) is 0 Å². The number of nitrogens with two attached hydrogens (primary N) is 1. The summed E-state index contributed by atoms with van der Waals surface area (Å²) >= 11 is 4.98. The molecule has 1 aliphatic carbocycles. The second-order valence-corrected chi connectivity index (χ2v) is 6.51. The SMILES string of the molecule is CC(CSc1ncccc1Br)(NC1CC1)C(N)=O. The highest BCUT2D eigenvalue weighted by Gasteiger charge is 2.37. The molecule has 0 spiro atoms. The van der Waals surface area contributed by atoms with Crippen LogP contribution in [0.15, 0.2) is 27.8 Å². The van der Waals surface area contributed by atoms with Crippen LogP contribution in [0, 0.1) is 0 Å². The summed E-state index contributed by atoms with van der Waals surface area (Å²) in [7, 11) is 0. The Bertz CT molecular complexity index is 453. The van der Waals surface area contributed by atoms with Crippen molar-refractivity contribution >= 4 is 33.6 Å². The summed E-state index contributed by atoms with van der Waals surface area (Å²) in [6.07, 6.45) is 3.99. The lowest BCUT2D eigenvalue weighted by molar-refractivity contribution is -0.123. The van der Waals surface area contributed by atoms with Gasteiger partial charge in [0.1, 0.15) is 10.6 Å². The lowest BCUT2D eigenvalue weighted by Gasteiger charge is -2.27. The molecule has 4 nitrogen and oxygen atoms in total. The Balaban J connectivity index is 2.01. The van der Waals surface area contributed by atoms with Crippen molar-refractivity contribution in [1.29, 1.82) is 0 Å². The van der Waals surface area contributed by atoms with Gasteiger partial charge in [-0.15, -0.1) is 11.8 Å². The Labute approximate surface area is 119 Å². The van der Waals surface area contributed by atoms with Crippen molar-refractivity contribution in [1.82, 2.24) is 10.3 Å². The van der Waals surface area contributed by atoms with Gasteiger partial charge in [-0.25, -0.2) is 4.98 Å². The monoisotopic (exact) mass is 329 g/mol. The van der Waals surface area contributed by atoms with Gasteiger partial charge < -0.3 is 11.1 Å². The first-order valence-electron chi connectivity index (χ1n) is 5.82. The van der Waals surface area contributed by atoms with Crippen LogP contribution in [0.25, 0.3) is 0 Å². The molecule has 1 aromatic rings. The highest BCUT2D eigenvalue weighted by atomic mass is 79.9. The molecule has 1 aliphatic rings. The quantitative estimate of drug-likeness (QED) is 0.782. The van der Waals surface area contributed by atoms with Crippen LogP contribution < -0.4 is 11.1 Å². The molecule has 0 aliphatic heterocycles. The molecule has 0 saturated heterocycles. The van der Waals surface area contributed by atoms with E-state index >= 15 is 0 Å². The minimum Gasteiger partial charge on any atom is -0.368 e. The Kier molecular flexibility index (Phi) is 4.29. The molecule has 0 aromatic carbocycles. The minimum absolute atomic E-state index is 0.311. The number of carbonyl (C=O) groups is 1. The molecule has 0 radical (unpaired) electrons. The van der Waals surface area contributed by atoms with Gasteiger partial charge in [0, 0.05) is 22.5 Å². The summed E-state index contributed by atoms with van der Waals surface area (Å²) < 4.78 is 0.938. The second-order valence-electron chi connectivity index (χ2n) is 4.69. The van der Waals surface area contributed by atoms with Crippen LogP contribution >= 0.6 is 27.7 Å². The third-order valence-corrected chi connectivity index (χ3v) is 5.09. The van der Waals surface area contributed by atoms with Crippen LogP contribution in [0.1, 0.15) is 19.8 Å². The molecule has 1 amide bonds. The van der Waals surface area contributed by atoms with Crippen molar-refractivity contribution in [2.75, 3.05) is 5.75 Å². The van der Waals surface area contributed by atoms with E-state index in [0.29, 0.717) is 11.8 Å². The van der Waals surface area contributed by atoms with E-state index < -0.39 is 5.54 Å². The fourth-order valence-electron chi connectivity index (χ4n) is 1.55. The molecule has 1 unspecified atom stereocenters. The van der Waals surface area contributed by atoms with E-state index in [4.69, 9.17) is 5.73 Å². The Morgan fingerprint density at radius 3 is 3.00 bits per heavy atom. The maximum atomic E-state index is 11.6. The van der Waals surface area contributed by atoms with Crippen molar-refractivity contribution in [2.24, 2.45) is 5.73 Å². The third kappa shape index (κ3) is 3.46. The zero-order valence-corrected chi connectivity index (χ0v) is 12.6. The maximum absolute atomic E-state index is 11.6. The minimum atomic E-state index is -0.678. The molecule has 0 bridgehead atoms. The van der Waals surface area contributed by atoms with E-state index in [-0.39, 0.29) is 5.91 Å². The highest BCUT2D eigenvalue weighted by Crippen LogP contribution is 2.29. The summed E-state index contributed by atoms with van der Waals surface area (Å²) in [5.74, 6) is 0.267. The number of aromatic nitrogens is 1. The number of nitrogens with one attached hydrogen (secondary N) is 1. The van der Waals surface area contributed by atoms with E-state index in [1.165, 1.54) is 11.8 Å². The smallest absolute Gasteiger partial charge is 0.238 e. The van der Waals surface area contributed by atoms with E-state index in [9.17, 15) is 4.79 Å². The fourth-order valence-corrected chi connectivity index (χ4v) is 3.14. The summed E-state index contributed by atoms with van der Waals surface area (Å²) in [6.45, 7) is 1.86. The van der Waals surface area contributed by atoms with Crippen molar-refractivity contribution < 1.29 is 4.79 Å². The predicted molar refractivity (Wildman–Crippen MR) is 76.4 cm³/mol. The van der Waals surface area contributed by atoms with Gasteiger partial charge in [0.2, 0.25) is 5.91 Å². The summed E-state index contributed by atoms with van der Waals surface area (Å²) in [4.78, 5) is 15.9. The highest BCUT2D eigenvalue weighted by molar-refractivity contribution is 9.10. The van der Waals surface area contributed by atoms with Crippen molar-refractivity contribution in [3.05, 3.63) is 22.8 Å². The van der Waals surface area contributed by atoms with Gasteiger partial charge in [-0.3, -0.25) is 4.79 Å². The fraction of sp³-hybridized carbons (Fsp3) is 0.500. The van der Waals surface area contributed by atoms with Crippen LogP contribution in [0.4, 0.5) is 0 Å². The zero-order chi connectivity index (χ0) is 13.2. The largest absolute Gasteiger partial charge is 0.368 e. The molecule has 1 aromatic heterocycles. The van der Waals surface area contributed by atoms with E-state index in [2.05, 4.69) is 26.2 Å². The van der Waals surface area contributed by atoms with Crippen molar-refractivity contribution in [3.63, 3.8) is 0 Å². The summed E-state index contributed by atoms with van der Waals surface area (Å²) in [5.41, 5.74) is 4.82. The molecule has 1 atom stereocenters. The number of hydrogen-bond donors (Lipinski definition) is 2. The molecule has 6 heteroatoms. The molecule has 3 N–H and O–H groups in total. The summed E-state index contributed by atoms with van der Waals surface area (Å²) in [6, 6.07) is 4.24. The molecule has 2 rings (SSSR count). The molecular formula is C12H16BrN3OS. The van der Waals surface area contributed by atoms with Crippen LogP contribution in [0.3, 0.4) is 0 Å². The topological polar surface area (TPSA) is 68.0 Å². The zero-order valence-electron chi connectivity index (χ0n) is 10.1. The van der Waals surface area contributed by atoms with E-state index in [1.54, 1.807) is 6.20 Å². The Morgan fingerprint density at radius 2 is 2.44 bits per heavy atom. The predicted octanol–water partition coefficient (Wildman–Crippen LogP) is 1.93. The molecule has 98 valence electrons. The average Bonchev–Trinajstić information content (AvgIpc) is 3.11. The van der Waals surface area contributed by atoms with E-state index in [0.717, 1.165) is 22.3 Å². The lowest BCUT2D eigenvalue weighted by atomic mass is 10.1. The van der Waals surface area contributed by atoms with Crippen LogP contribution in [-0.2, 0) is 4.79 Å². The first kappa shape index (κ1) is 13.8. The number of hydrogen-bond acceptors (Lipinski definition) is 4. The number of carbonyl (C=O) groups excluding carboxylic acids is 1. The molecule has 1 heterocycles. The van der Waals surface area contributed by atoms with Crippen LogP contribution in [0.2, 0.25) is 0 Å². The van der Waals surface area contributed by atoms with Gasteiger partial charge in [-0.1, -0.05) is 0 Å². The first-order valence-corrected chi connectivity index (χ1v) is 7.60. The molecule has 1 fully saturated rings. The maximum Gasteiger partial charge on any atom is 0.238 e. The first-order chi connectivity index (χ1) is 8.51. The molecular weight excluding hydrogens is 314 g/mol.